The van der Waals surface area contributed by atoms with E-state index in [9.17, 15) is 63.6 Å². The van der Waals surface area contributed by atoms with Crippen LogP contribution >= 0.6 is 25.3 Å². The molecule has 12 atom stereocenters. The number of hydrogen-bond donors (Lipinski definition) is 16. The lowest BCUT2D eigenvalue weighted by molar-refractivity contribution is -0.142. The van der Waals surface area contributed by atoms with Crippen molar-refractivity contribution in [3.8, 4) is 0 Å². The van der Waals surface area contributed by atoms with Crippen LogP contribution in [0, 0.1) is 17.8 Å². The lowest BCUT2D eigenvalue weighted by atomic mass is 9.98. The molecular weight excluding hydrogens is 965 g/mol. The van der Waals surface area contributed by atoms with E-state index < -0.39 is 132 Å². The molecule has 15 N–H and O–H groups in total. The van der Waals surface area contributed by atoms with Crippen LogP contribution in [0.1, 0.15) is 80.7 Å². The number of carboxylic acid groups (broad SMARTS) is 1. The minimum absolute atomic E-state index is 0.000987. The first-order valence-electron chi connectivity index (χ1n) is 23.4. The third-order valence-corrected chi connectivity index (χ3v) is 11.9. The molecule has 398 valence electrons. The average molecular weight is 1040 g/mol. The van der Waals surface area contributed by atoms with Crippen LogP contribution in [0.25, 0.3) is 10.9 Å². The zero-order valence-corrected chi connectivity index (χ0v) is 43.3. The summed E-state index contributed by atoms with van der Waals surface area (Å²) in [6, 6.07) is -5.90. The molecule has 1 aromatic carbocycles. The van der Waals surface area contributed by atoms with Gasteiger partial charge in [-0.15, -0.1) is 0 Å². The summed E-state index contributed by atoms with van der Waals surface area (Å²) in [6.45, 7) is 13.9. The normalized spacial score (nSPS) is 16.6. The number of aliphatic hydroxyl groups excluding tert-OH is 3. The van der Waals surface area contributed by atoms with E-state index >= 15 is 0 Å². The maximum atomic E-state index is 14.4. The SMILES string of the molecule is CC(C)C[C@H](NC(=O)[C@@H](NC(=O)[C@@H](NC(=O)[C@H](CC(C)C)NC(=O)[C@@H](N)CS)[C@@H](C)O)C(C)C)C(=O)N[C@@H](Cc1c[nH]c2ccccc12)C(=O)N[C@H](C(=O)N[C@H](C(=O)N[C@@H](CS)C(=O)O)[C@@H](C)O)[C@@H](C)O. The Kier molecular flexibility index (Phi) is 25.3. The number of nitrogens with two attached hydrogens (primary N) is 1. The number of thiol groups is 2. The Morgan fingerprint density at radius 3 is 1.34 bits per heavy atom. The number of H-pyrrole nitrogens is 1. The van der Waals surface area contributed by atoms with Crippen LogP contribution in [0.2, 0.25) is 0 Å². The molecule has 0 radical (unpaired) electrons. The predicted octanol–water partition coefficient (Wildman–Crippen LogP) is -2.25. The summed E-state index contributed by atoms with van der Waals surface area (Å²) < 4.78 is 0. The summed E-state index contributed by atoms with van der Waals surface area (Å²) >= 11 is 7.94. The summed E-state index contributed by atoms with van der Waals surface area (Å²) in [5.74, 6) is -10.0. The number of amides is 8. The molecule has 0 aliphatic rings. The number of aliphatic carboxylic acids is 1. The summed E-state index contributed by atoms with van der Waals surface area (Å²) in [5.41, 5.74) is 7.04. The van der Waals surface area contributed by atoms with E-state index in [1.165, 1.54) is 6.92 Å². The van der Waals surface area contributed by atoms with Gasteiger partial charge in [-0.3, -0.25) is 38.4 Å². The first-order valence-corrected chi connectivity index (χ1v) is 24.6. The van der Waals surface area contributed by atoms with Crippen molar-refractivity contribution in [2.75, 3.05) is 11.5 Å². The van der Waals surface area contributed by atoms with Crippen molar-refractivity contribution in [2.24, 2.45) is 23.5 Å². The van der Waals surface area contributed by atoms with E-state index in [4.69, 9.17) is 5.73 Å². The molecule has 0 saturated carbocycles. The number of carboxylic acids is 1. The maximum absolute atomic E-state index is 14.4. The molecule has 0 spiro atoms. The van der Waals surface area contributed by atoms with Crippen LogP contribution in [0.3, 0.4) is 0 Å². The zero-order chi connectivity index (χ0) is 54.0. The highest BCUT2D eigenvalue weighted by molar-refractivity contribution is 7.80. The molecule has 2 rings (SSSR count). The molecule has 0 fully saturated rings. The second kappa shape index (κ2) is 29.1. The number of aromatic nitrogens is 1. The number of nitrogens with one attached hydrogen (secondary N) is 9. The van der Waals surface area contributed by atoms with Crippen LogP contribution in [0.5, 0.6) is 0 Å². The van der Waals surface area contributed by atoms with E-state index in [2.05, 4.69) is 72.8 Å². The standard InChI is InChI=1S/C46H74N10O13S2/c1-20(2)14-30(51-42(64)34(22(5)6)53-44(66)36(24(8)58)54-40(62)31(15-21(3)4)49-38(60)28(47)18-70)39(61)50-32(16-26-17-48-29-13-11-10-12-27(26)29)41(63)55-37(25(9)59)45(67)56-35(23(7)57)43(65)52-33(19-71)46(68)69/h10-13,17,20-25,28,30-37,48,57-59,70-71H,14-16,18-19,47H2,1-9H3,(H,49,60)(H,50,61)(H,51,64)(H,52,65)(H,53,66)(H,54,62)(H,55,63)(H,56,67)(H,68,69)/t23-,24-,25-,28+,30+,31+,32+,33+,34+,35+,36+,37+/m1/s1. The van der Waals surface area contributed by atoms with Crippen molar-refractivity contribution >= 4 is 89.4 Å². The van der Waals surface area contributed by atoms with Crippen LogP contribution < -0.4 is 48.3 Å². The van der Waals surface area contributed by atoms with Crippen molar-refractivity contribution in [1.82, 2.24) is 47.5 Å². The number of para-hydroxylation sites is 1. The van der Waals surface area contributed by atoms with Gasteiger partial charge in [0.25, 0.3) is 0 Å². The van der Waals surface area contributed by atoms with Crippen LogP contribution in [0.15, 0.2) is 30.5 Å². The van der Waals surface area contributed by atoms with E-state index in [1.807, 2.05) is 13.8 Å². The van der Waals surface area contributed by atoms with E-state index in [1.54, 1.807) is 58.2 Å². The van der Waals surface area contributed by atoms with Gasteiger partial charge in [0.1, 0.15) is 48.3 Å². The number of benzene rings is 1. The molecule has 0 bridgehead atoms. The minimum Gasteiger partial charge on any atom is -0.480 e. The molecule has 23 nitrogen and oxygen atoms in total. The van der Waals surface area contributed by atoms with Crippen LogP contribution in [-0.2, 0) is 49.6 Å². The highest BCUT2D eigenvalue weighted by atomic mass is 32.1. The summed E-state index contributed by atoms with van der Waals surface area (Å²) in [7, 11) is 0. The fourth-order valence-electron chi connectivity index (χ4n) is 7.22. The Balaban J connectivity index is 2.47. The van der Waals surface area contributed by atoms with E-state index in [0.29, 0.717) is 16.5 Å². The Morgan fingerprint density at radius 1 is 0.521 bits per heavy atom. The smallest absolute Gasteiger partial charge is 0.327 e. The van der Waals surface area contributed by atoms with Crippen molar-refractivity contribution < 1.29 is 63.6 Å². The van der Waals surface area contributed by atoms with Crippen molar-refractivity contribution in [1.29, 1.82) is 0 Å². The Bertz CT molecular complexity index is 2150. The highest BCUT2D eigenvalue weighted by Crippen LogP contribution is 2.20. The number of carbonyl (C=O) groups excluding carboxylic acids is 8. The second-order valence-corrected chi connectivity index (χ2v) is 19.5. The Hall–Kier alpha value is -5.47. The Morgan fingerprint density at radius 2 is 0.901 bits per heavy atom. The molecule has 2 aromatic rings. The van der Waals surface area contributed by atoms with E-state index in [0.717, 1.165) is 13.8 Å². The number of aromatic amines is 1. The molecule has 1 heterocycles. The molecule has 0 saturated heterocycles. The van der Waals surface area contributed by atoms with Gasteiger partial charge < -0.3 is 73.7 Å². The molecular formula is C46H74N10O13S2. The lowest BCUT2D eigenvalue weighted by Gasteiger charge is -2.30. The number of hydrogen-bond acceptors (Lipinski definition) is 15. The fraction of sp³-hybridized carbons (Fsp3) is 0.630. The summed E-state index contributed by atoms with van der Waals surface area (Å²) in [4.78, 5) is 124. The van der Waals surface area contributed by atoms with E-state index in [-0.39, 0.29) is 42.6 Å². The highest BCUT2D eigenvalue weighted by Gasteiger charge is 2.38. The predicted molar refractivity (Wildman–Crippen MR) is 270 cm³/mol. The number of aliphatic hydroxyl groups is 3. The first-order chi connectivity index (χ1) is 33.1. The monoisotopic (exact) mass is 1040 g/mol. The second-order valence-electron chi connectivity index (χ2n) is 18.8. The topological polar surface area (TPSA) is 373 Å². The zero-order valence-electron chi connectivity index (χ0n) is 41.5. The molecule has 25 heteroatoms. The van der Waals surface area contributed by atoms with Gasteiger partial charge >= 0.3 is 5.97 Å². The molecule has 0 aliphatic heterocycles. The third kappa shape index (κ3) is 19.2. The molecule has 8 amide bonds. The van der Waals surface area contributed by atoms with Gasteiger partial charge in [0.2, 0.25) is 47.3 Å². The average Bonchev–Trinajstić information content (AvgIpc) is 3.69. The molecule has 0 unspecified atom stereocenters. The Labute approximate surface area is 424 Å². The van der Waals surface area contributed by atoms with Crippen LogP contribution in [0.4, 0.5) is 0 Å². The third-order valence-electron chi connectivity index (χ3n) is 11.2. The molecule has 1 aromatic heterocycles. The van der Waals surface area contributed by atoms with Gasteiger partial charge in [-0.2, -0.15) is 25.3 Å². The van der Waals surface area contributed by atoms with Crippen molar-refractivity contribution in [3.05, 3.63) is 36.0 Å². The number of rotatable bonds is 29. The fourth-order valence-corrected chi connectivity index (χ4v) is 7.64. The van der Waals surface area contributed by atoms with Gasteiger partial charge in [0.05, 0.1) is 24.4 Å². The van der Waals surface area contributed by atoms with Gasteiger partial charge in [0.15, 0.2) is 0 Å². The number of carbonyl (C=O) groups is 9. The quantitative estimate of drug-likeness (QED) is 0.0383. The minimum atomic E-state index is -1.80. The maximum Gasteiger partial charge on any atom is 0.327 e. The van der Waals surface area contributed by atoms with Crippen molar-refractivity contribution in [2.45, 2.75) is 154 Å². The van der Waals surface area contributed by atoms with Gasteiger partial charge in [-0.1, -0.05) is 59.7 Å². The largest absolute Gasteiger partial charge is 0.480 e. The summed E-state index contributed by atoms with van der Waals surface area (Å²) in [6.07, 6.45) is -3.12. The molecule has 71 heavy (non-hydrogen) atoms. The van der Waals surface area contributed by atoms with Gasteiger partial charge in [0, 0.05) is 35.0 Å². The van der Waals surface area contributed by atoms with Gasteiger partial charge in [-0.05, 0) is 63.0 Å². The summed E-state index contributed by atoms with van der Waals surface area (Å²) in [5, 5.41) is 61.6. The van der Waals surface area contributed by atoms with Gasteiger partial charge in [-0.25, -0.2) is 4.79 Å². The van der Waals surface area contributed by atoms with Crippen LogP contribution in [-0.4, -0.2) is 163 Å². The number of fused-ring (bicyclic) bond motifs is 1. The first kappa shape index (κ1) is 61.6. The molecule has 0 aliphatic carbocycles. The van der Waals surface area contributed by atoms with Crippen molar-refractivity contribution in [3.63, 3.8) is 0 Å². The lowest BCUT2D eigenvalue weighted by Crippen LogP contribution is -2.63.